The number of thiocyanates is 1. The Balaban J connectivity index is 1.75. The second-order valence-corrected chi connectivity index (χ2v) is 9.54. The van der Waals surface area contributed by atoms with Crippen molar-refractivity contribution in [2.45, 2.75) is 107 Å². The van der Waals surface area contributed by atoms with Crippen LogP contribution in [0.15, 0.2) is 0 Å². The van der Waals surface area contributed by atoms with Crippen molar-refractivity contribution in [3.05, 3.63) is 0 Å². The van der Waals surface area contributed by atoms with Gasteiger partial charge < -0.3 is 5.11 Å². The fourth-order valence-electron chi connectivity index (χ4n) is 5.79. The van der Waals surface area contributed by atoms with Gasteiger partial charge in [0.1, 0.15) is 10.3 Å². The van der Waals surface area contributed by atoms with E-state index in [1.807, 2.05) is 0 Å². The lowest BCUT2D eigenvalue weighted by Gasteiger charge is -2.62. The van der Waals surface area contributed by atoms with Crippen LogP contribution in [0.5, 0.6) is 0 Å². The lowest BCUT2D eigenvalue weighted by atomic mass is 9.62. The molecule has 0 amide bonds. The molecule has 0 bridgehead atoms. The fraction of sp³-hybridized carbons (Fsp3) is 0.950. The smallest absolute Gasteiger partial charge is 0.136 e. The van der Waals surface area contributed by atoms with Crippen molar-refractivity contribution in [1.82, 2.24) is 4.90 Å². The predicted molar refractivity (Wildman–Crippen MR) is 101 cm³/mol. The Kier molecular flexibility index (Phi) is 6.16. The number of thioether (sulfide) groups is 1. The zero-order valence-electron chi connectivity index (χ0n) is 15.3. The number of hydrogen-bond donors (Lipinski definition) is 1. The number of hydrogen-bond acceptors (Lipinski definition) is 4. The summed E-state index contributed by atoms with van der Waals surface area (Å²) < 4.78 is 0. The molecule has 4 heteroatoms. The zero-order valence-corrected chi connectivity index (χ0v) is 16.1. The number of β-amino-alcohol motifs (C(OH)–C–C–N with tert-alkyl or cyclic N) is 1. The van der Waals surface area contributed by atoms with Gasteiger partial charge in [-0.15, -0.1) is 0 Å². The molecule has 1 N–H and O–H groups in total. The molecule has 24 heavy (non-hydrogen) atoms. The molecular weight excluding hydrogens is 316 g/mol. The Hall–Kier alpha value is -0.240. The summed E-state index contributed by atoms with van der Waals surface area (Å²) in [7, 11) is 0. The highest BCUT2D eigenvalue weighted by molar-refractivity contribution is 8.04. The quantitative estimate of drug-likeness (QED) is 0.414. The molecule has 1 saturated carbocycles. The van der Waals surface area contributed by atoms with Gasteiger partial charge >= 0.3 is 0 Å². The first-order valence-corrected chi connectivity index (χ1v) is 11.0. The molecule has 2 aliphatic heterocycles. The average Bonchev–Trinajstić information content (AvgIpc) is 2.59. The van der Waals surface area contributed by atoms with E-state index in [0.717, 1.165) is 30.5 Å². The van der Waals surface area contributed by atoms with Gasteiger partial charge in [-0.25, -0.2) is 0 Å². The molecule has 0 radical (unpaired) electrons. The average molecular weight is 351 g/mol. The Bertz CT molecular complexity index is 465. The van der Waals surface area contributed by atoms with E-state index in [4.69, 9.17) is 5.26 Å². The lowest BCUT2D eigenvalue weighted by molar-refractivity contribution is -0.132. The highest BCUT2D eigenvalue weighted by Crippen LogP contribution is 2.54. The second-order valence-electron chi connectivity index (χ2n) is 8.39. The highest BCUT2D eigenvalue weighted by atomic mass is 32.2. The predicted octanol–water partition coefficient (Wildman–Crippen LogP) is 5.05. The van der Waals surface area contributed by atoms with Crippen LogP contribution in [0, 0.1) is 16.6 Å². The summed E-state index contributed by atoms with van der Waals surface area (Å²) in [6, 6.07) is 0.627. The van der Waals surface area contributed by atoms with Crippen LogP contribution in [0.25, 0.3) is 0 Å². The molecule has 0 aromatic carbocycles. The van der Waals surface area contributed by atoms with E-state index < -0.39 is 4.93 Å². The van der Waals surface area contributed by atoms with Crippen LogP contribution in [0.2, 0.25) is 0 Å². The highest BCUT2D eigenvalue weighted by Gasteiger charge is 2.55. The van der Waals surface area contributed by atoms with Crippen LogP contribution >= 0.6 is 11.8 Å². The molecule has 3 fully saturated rings. The van der Waals surface area contributed by atoms with Gasteiger partial charge in [0, 0.05) is 18.1 Å². The van der Waals surface area contributed by atoms with Crippen LogP contribution in [0.4, 0.5) is 0 Å². The van der Waals surface area contributed by atoms with E-state index in [1.165, 1.54) is 70.6 Å². The van der Waals surface area contributed by atoms with Crippen molar-refractivity contribution in [1.29, 1.82) is 5.26 Å². The van der Waals surface area contributed by atoms with E-state index in [2.05, 4.69) is 17.2 Å². The number of aliphatic hydroxyl groups is 1. The SMILES string of the molecule is CCCCCC[C@@H]1CC[C@H]2CCCC[C@@]23CC[C@](O)(SC#N)CN13. The largest absolute Gasteiger partial charge is 0.377 e. The van der Waals surface area contributed by atoms with Crippen LogP contribution in [0.1, 0.15) is 90.4 Å². The van der Waals surface area contributed by atoms with Crippen LogP contribution in [-0.4, -0.2) is 33.1 Å². The summed E-state index contributed by atoms with van der Waals surface area (Å²) in [4.78, 5) is 1.86. The van der Waals surface area contributed by atoms with Crippen molar-refractivity contribution in [2.75, 3.05) is 6.54 Å². The van der Waals surface area contributed by atoms with Crippen molar-refractivity contribution in [2.24, 2.45) is 5.92 Å². The third-order valence-electron chi connectivity index (χ3n) is 7.03. The van der Waals surface area contributed by atoms with Gasteiger partial charge in [-0.1, -0.05) is 45.4 Å². The molecule has 0 unspecified atom stereocenters. The summed E-state index contributed by atoms with van der Waals surface area (Å²) in [6.07, 6.45) is 16.6. The number of rotatable bonds is 6. The van der Waals surface area contributed by atoms with E-state index in [9.17, 15) is 5.11 Å². The summed E-state index contributed by atoms with van der Waals surface area (Å²) in [5.41, 5.74) is 0.341. The van der Waals surface area contributed by atoms with Gasteiger partial charge in [-0.3, -0.25) is 4.90 Å². The minimum atomic E-state index is -0.846. The number of nitriles is 1. The Morgan fingerprint density at radius 2 is 2.00 bits per heavy atom. The van der Waals surface area contributed by atoms with Gasteiger partial charge in [0.25, 0.3) is 0 Å². The summed E-state index contributed by atoms with van der Waals surface area (Å²) in [5.74, 6) is 0.828. The molecule has 3 rings (SSSR count). The minimum absolute atomic E-state index is 0.341. The van der Waals surface area contributed by atoms with Gasteiger partial charge in [0.15, 0.2) is 0 Å². The van der Waals surface area contributed by atoms with Crippen molar-refractivity contribution >= 4 is 11.8 Å². The molecule has 0 aromatic rings. The van der Waals surface area contributed by atoms with Crippen molar-refractivity contribution in [3.8, 4) is 5.40 Å². The molecule has 1 aliphatic carbocycles. The van der Waals surface area contributed by atoms with Crippen molar-refractivity contribution in [3.63, 3.8) is 0 Å². The molecule has 1 spiro atoms. The van der Waals surface area contributed by atoms with Gasteiger partial charge in [0.2, 0.25) is 0 Å². The number of piperidine rings is 2. The molecule has 0 aromatic heterocycles. The van der Waals surface area contributed by atoms with Gasteiger partial charge in [-0.2, -0.15) is 5.26 Å². The van der Waals surface area contributed by atoms with Gasteiger partial charge in [0.05, 0.1) is 0 Å². The lowest BCUT2D eigenvalue weighted by Crippen LogP contribution is -2.68. The molecule has 3 nitrogen and oxygen atoms in total. The molecule has 2 heterocycles. The standard InChI is InChI=1S/C20H34N2OS/c1-2-3-4-5-9-18-11-10-17-8-6-7-12-19(17)13-14-20(23,24-16-21)15-22(18)19/h17-18,23H,2-15H2,1H3/t17-,18-,19-,20+/m1/s1. The minimum Gasteiger partial charge on any atom is -0.377 e. The summed E-state index contributed by atoms with van der Waals surface area (Å²) in [6.45, 7) is 2.98. The normalized spacial score (nSPS) is 39.7. The topological polar surface area (TPSA) is 47.3 Å². The molecular formula is C20H34N2OS. The fourth-order valence-corrected chi connectivity index (χ4v) is 6.37. The van der Waals surface area contributed by atoms with Crippen LogP contribution < -0.4 is 0 Å². The summed E-state index contributed by atoms with van der Waals surface area (Å²) in [5, 5.41) is 22.2. The summed E-state index contributed by atoms with van der Waals surface area (Å²) >= 11 is 1.10. The monoisotopic (exact) mass is 350 g/mol. The van der Waals surface area contributed by atoms with Gasteiger partial charge in [-0.05, 0) is 62.6 Å². The maximum absolute atomic E-state index is 10.9. The first-order valence-electron chi connectivity index (χ1n) is 10.2. The van der Waals surface area contributed by atoms with E-state index >= 15 is 0 Å². The Morgan fingerprint density at radius 3 is 2.79 bits per heavy atom. The first-order chi connectivity index (χ1) is 11.6. The third-order valence-corrected chi connectivity index (χ3v) is 7.83. The Labute approximate surface area is 152 Å². The number of unbranched alkanes of at least 4 members (excludes halogenated alkanes) is 3. The Morgan fingerprint density at radius 1 is 1.12 bits per heavy atom. The number of nitrogens with zero attached hydrogens (tertiary/aromatic N) is 2. The molecule has 4 atom stereocenters. The maximum atomic E-state index is 10.9. The van der Waals surface area contributed by atoms with Crippen molar-refractivity contribution < 1.29 is 5.11 Å². The van der Waals surface area contributed by atoms with E-state index in [0.29, 0.717) is 18.1 Å². The zero-order chi connectivity index (χ0) is 17.0. The third kappa shape index (κ3) is 3.64. The second kappa shape index (κ2) is 7.98. The maximum Gasteiger partial charge on any atom is 0.136 e. The molecule has 2 saturated heterocycles. The van der Waals surface area contributed by atoms with E-state index in [1.54, 1.807) is 0 Å². The van der Waals surface area contributed by atoms with Crippen LogP contribution in [-0.2, 0) is 0 Å². The molecule has 136 valence electrons. The first kappa shape index (κ1) is 18.5. The molecule has 3 aliphatic rings. The van der Waals surface area contributed by atoms with E-state index in [-0.39, 0.29) is 0 Å². The van der Waals surface area contributed by atoms with Crippen LogP contribution in [0.3, 0.4) is 0 Å².